The molecule has 1 aromatic rings. The van der Waals surface area contributed by atoms with Crippen LogP contribution < -0.4 is 10.5 Å². The molecular weight excluding hydrogens is 266 g/mol. The topological polar surface area (TPSA) is 44.5 Å². The maximum atomic E-state index is 13.3. The Kier molecular flexibility index (Phi) is 4.26. The SMILES string of the molecule is NC(COc1c(F)c(F)cc(F)c1F)C1CCOC1. The average molecular weight is 279 g/mol. The van der Waals surface area contributed by atoms with Gasteiger partial charge in [-0.15, -0.1) is 0 Å². The van der Waals surface area contributed by atoms with Crippen LogP contribution in [-0.4, -0.2) is 25.9 Å². The lowest BCUT2D eigenvalue weighted by Crippen LogP contribution is -2.36. The molecule has 2 N–H and O–H groups in total. The van der Waals surface area contributed by atoms with Crippen LogP contribution in [0.4, 0.5) is 17.6 Å². The zero-order valence-electron chi connectivity index (χ0n) is 9.97. The summed E-state index contributed by atoms with van der Waals surface area (Å²) in [5.41, 5.74) is 5.77. The van der Waals surface area contributed by atoms with E-state index in [4.69, 9.17) is 15.2 Å². The second kappa shape index (κ2) is 5.75. The Bertz CT molecular complexity index is 437. The number of hydrogen-bond acceptors (Lipinski definition) is 3. The minimum Gasteiger partial charge on any atom is -0.486 e. The van der Waals surface area contributed by atoms with E-state index >= 15 is 0 Å². The molecule has 3 nitrogen and oxygen atoms in total. The molecule has 0 spiro atoms. The van der Waals surface area contributed by atoms with Gasteiger partial charge in [-0.05, 0) is 6.42 Å². The van der Waals surface area contributed by atoms with Crippen LogP contribution >= 0.6 is 0 Å². The third-order valence-corrected chi connectivity index (χ3v) is 3.06. The van der Waals surface area contributed by atoms with Crippen molar-refractivity contribution in [2.24, 2.45) is 11.7 Å². The van der Waals surface area contributed by atoms with Gasteiger partial charge in [0.2, 0.25) is 11.6 Å². The van der Waals surface area contributed by atoms with Gasteiger partial charge in [-0.25, -0.2) is 8.78 Å². The minimum absolute atomic E-state index is 0.00419. The summed E-state index contributed by atoms with van der Waals surface area (Å²) in [7, 11) is 0. The fourth-order valence-electron chi connectivity index (χ4n) is 1.88. The number of ether oxygens (including phenoxy) is 2. The van der Waals surface area contributed by atoms with Crippen molar-refractivity contribution >= 4 is 0 Å². The van der Waals surface area contributed by atoms with Crippen LogP contribution in [0.1, 0.15) is 6.42 Å². The van der Waals surface area contributed by atoms with Crippen molar-refractivity contribution in [1.82, 2.24) is 0 Å². The fraction of sp³-hybridized carbons (Fsp3) is 0.500. The first-order valence-corrected chi connectivity index (χ1v) is 5.79. The zero-order valence-corrected chi connectivity index (χ0v) is 9.97. The first kappa shape index (κ1) is 14.1. The summed E-state index contributed by atoms with van der Waals surface area (Å²) in [6, 6.07) is -0.393. The molecule has 7 heteroatoms. The molecule has 1 heterocycles. The fourth-order valence-corrected chi connectivity index (χ4v) is 1.88. The molecule has 106 valence electrons. The standard InChI is InChI=1S/C12H13F4NO2/c13-7-3-8(14)11(16)12(10(7)15)19-5-9(17)6-1-2-18-4-6/h3,6,9H,1-2,4-5,17H2. The highest BCUT2D eigenvalue weighted by atomic mass is 19.2. The van der Waals surface area contributed by atoms with Crippen LogP contribution in [0.15, 0.2) is 6.07 Å². The molecule has 19 heavy (non-hydrogen) atoms. The molecule has 0 bridgehead atoms. The van der Waals surface area contributed by atoms with Gasteiger partial charge in [-0.1, -0.05) is 0 Å². The van der Waals surface area contributed by atoms with E-state index in [0.29, 0.717) is 19.6 Å². The van der Waals surface area contributed by atoms with Crippen molar-refractivity contribution < 1.29 is 27.0 Å². The van der Waals surface area contributed by atoms with Crippen LogP contribution in [0.2, 0.25) is 0 Å². The normalized spacial score (nSPS) is 20.6. The smallest absolute Gasteiger partial charge is 0.203 e. The lowest BCUT2D eigenvalue weighted by molar-refractivity contribution is 0.167. The van der Waals surface area contributed by atoms with Crippen LogP contribution in [0.25, 0.3) is 0 Å². The minimum atomic E-state index is -1.56. The van der Waals surface area contributed by atoms with Crippen molar-refractivity contribution in [1.29, 1.82) is 0 Å². The summed E-state index contributed by atoms with van der Waals surface area (Å²) >= 11 is 0. The van der Waals surface area contributed by atoms with Gasteiger partial charge < -0.3 is 15.2 Å². The van der Waals surface area contributed by atoms with Gasteiger partial charge in [0.1, 0.15) is 6.61 Å². The van der Waals surface area contributed by atoms with Gasteiger partial charge in [-0.3, -0.25) is 0 Å². The Hall–Kier alpha value is -1.34. The first-order valence-electron chi connectivity index (χ1n) is 5.79. The first-order chi connectivity index (χ1) is 9.00. The van der Waals surface area contributed by atoms with Crippen molar-refractivity contribution in [2.75, 3.05) is 19.8 Å². The molecule has 2 rings (SSSR count). The number of nitrogens with two attached hydrogens (primary N) is 1. The van der Waals surface area contributed by atoms with Crippen molar-refractivity contribution in [3.05, 3.63) is 29.3 Å². The zero-order chi connectivity index (χ0) is 14.0. The molecule has 1 aliphatic rings. The lowest BCUT2D eigenvalue weighted by Gasteiger charge is -2.18. The van der Waals surface area contributed by atoms with Crippen molar-refractivity contribution in [3.63, 3.8) is 0 Å². The van der Waals surface area contributed by atoms with E-state index in [-0.39, 0.29) is 18.6 Å². The lowest BCUT2D eigenvalue weighted by atomic mass is 10.0. The summed E-state index contributed by atoms with van der Waals surface area (Å²) in [4.78, 5) is 0. The van der Waals surface area contributed by atoms with E-state index in [1.54, 1.807) is 0 Å². The Morgan fingerprint density at radius 2 is 1.89 bits per heavy atom. The molecule has 1 aliphatic heterocycles. The molecule has 0 saturated carbocycles. The summed E-state index contributed by atoms with van der Waals surface area (Å²) < 4.78 is 62.4. The van der Waals surface area contributed by atoms with E-state index in [1.165, 1.54) is 0 Å². The van der Waals surface area contributed by atoms with Gasteiger partial charge in [-0.2, -0.15) is 8.78 Å². The highest BCUT2D eigenvalue weighted by Crippen LogP contribution is 2.27. The molecule has 0 aromatic heterocycles. The summed E-state index contributed by atoms with van der Waals surface area (Å²) in [5.74, 6) is -7.21. The number of benzene rings is 1. The number of rotatable bonds is 4. The predicted molar refractivity (Wildman–Crippen MR) is 58.7 cm³/mol. The molecule has 2 unspecified atom stereocenters. The number of hydrogen-bond donors (Lipinski definition) is 1. The van der Waals surface area contributed by atoms with Crippen molar-refractivity contribution in [3.8, 4) is 5.75 Å². The van der Waals surface area contributed by atoms with E-state index < -0.39 is 35.1 Å². The van der Waals surface area contributed by atoms with E-state index in [0.717, 1.165) is 0 Å². The number of halogens is 4. The molecule has 2 atom stereocenters. The Balaban J connectivity index is 2.06. The third-order valence-electron chi connectivity index (χ3n) is 3.06. The molecule has 0 amide bonds. The molecule has 0 radical (unpaired) electrons. The van der Waals surface area contributed by atoms with Gasteiger partial charge >= 0.3 is 0 Å². The van der Waals surface area contributed by atoms with Gasteiger partial charge in [0.25, 0.3) is 0 Å². The maximum Gasteiger partial charge on any atom is 0.203 e. The van der Waals surface area contributed by atoms with Crippen LogP contribution in [0.3, 0.4) is 0 Å². The molecule has 1 fully saturated rings. The predicted octanol–water partition coefficient (Wildman–Crippen LogP) is 1.99. The highest BCUT2D eigenvalue weighted by Gasteiger charge is 2.25. The second-order valence-electron chi connectivity index (χ2n) is 4.40. The molecule has 0 aliphatic carbocycles. The monoisotopic (exact) mass is 279 g/mol. The summed E-state index contributed by atoms with van der Waals surface area (Å²) in [5, 5.41) is 0. The average Bonchev–Trinajstić information content (AvgIpc) is 2.90. The molecule has 1 saturated heterocycles. The largest absolute Gasteiger partial charge is 0.486 e. The Morgan fingerprint density at radius 3 is 2.42 bits per heavy atom. The van der Waals surface area contributed by atoms with E-state index in [9.17, 15) is 17.6 Å². The van der Waals surface area contributed by atoms with E-state index in [1.807, 2.05) is 0 Å². The van der Waals surface area contributed by atoms with Gasteiger partial charge in [0, 0.05) is 24.6 Å². The van der Waals surface area contributed by atoms with Crippen LogP contribution in [-0.2, 0) is 4.74 Å². The maximum absolute atomic E-state index is 13.3. The summed E-state index contributed by atoms with van der Waals surface area (Å²) in [6.45, 7) is 0.757. The van der Waals surface area contributed by atoms with Crippen molar-refractivity contribution in [2.45, 2.75) is 12.5 Å². The Labute approximate surface area is 107 Å². The van der Waals surface area contributed by atoms with Gasteiger partial charge in [0.15, 0.2) is 17.4 Å². The Morgan fingerprint density at radius 1 is 1.26 bits per heavy atom. The molecule has 1 aromatic carbocycles. The summed E-state index contributed by atoms with van der Waals surface area (Å²) in [6.07, 6.45) is 0.715. The quantitative estimate of drug-likeness (QED) is 0.677. The third kappa shape index (κ3) is 2.98. The molecular formula is C12H13F4NO2. The highest BCUT2D eigenvalue weighted by molar-refractivity contribution is 5.28. The van der Waals surface area contributed by atoms with Gasteiger partial charge in [0.05, 0.1) is 6.61 Å². The van der Waals surface area contributed by atoms with Crippen LogP contribution in [0, 0.1) is 29.2 Å². The second-order valence-corrected chi connectivity index (χ2v) is 4.40. The van der Waals surface area contributed by atoms with E-state index in [2.05, 4.69) is 0 Å². The van der Waals surface area contributed by atoms with Crippen LogP contribution in [0.5, 0.6) is 5.75 Å².